The van der Waals surface area contributed by atoms with Gasteiger partial charge >= 0.3 is 0 Å². The van der Waals surface area contributed by atoms with Crippen LogP contribution in [0.3, 0.4) is 0 Å². The fourth-order valence-electron chi connectivity index (χ4n) is 2.89. The average Bonchev–Trinajstić information content (AvgIpc) is 3.27. The van der Waals surface area contributed by atoms with Crippen molar-refractivity contribution in [3.63, 3.8) is 0 Å². The van der Waals surface area contributed by atoms with Gasteiger partial charge in [0.25, 0.3) is 5.91 Å². The highest BCUT2D eigenvalue weighted by atomic mass is 32.2. The molecule has 0 unspecified atom stereocenters. The van der Waals surface area contributed by atoms with Crippen molar-refractivity contribution < 1.29 is 27.1 Å². The summed E-state index contributed by atoms with van der Waals surface area (Å²) in [6.45, 7) is -0.145. The quantitative estimate of drug-likeness (QED) is 0.529. The van der Waals surface area contributed by atoms with E-state index < -0.39 is 26.8 Å². The molecule has 0 saturated carbocycles. The molecule has 0 saturated heterocycles. The Hall–Kier alpha value is -2.91. The van der Waals surface area contributed by atoms with Gasteiger partial charge in [-0.2, -0.15) is 0 Å². The third kappa shape index (κ3) is 4.63. The second kappa shape index (κ2) is 9.27. The summed E-state index contributed by atoms with van der Waals surface area (Å²) in [6.07, 6.45) is 0. The van der Waals surface area contributed by atoms with E-state index in [4.69, 9.17) is 9.47 Å². The number of hydrogen-bond acceptors (Lipinski definition) is 6. The zero-order chi connectivity index (χ0) is 21.7. The van der Waals surface area contributed by atoms with Crippen LogP contribution in [-0.4, -0.2) is 35.1 Å². The normalized spacial score (nSPS) is 12.2. The van der Waals surface area contributed by atoms with Gasteiger partial charge in [0.05, 0.1) is 19.1 Å². The molecule has 0 radical (unpaired) electrons. The third-order valence-corrected chi connectivity index (χ3v) is 7.71. The van der Waals surface area contributed by atoms with Gasteiger partial charge in [0, 0.05) is 17.0 Å². The Kier molecular flexibility index (Phi) is 6.73. The Morgan fingerprint density at radius 2 is 1.77 bits per heavy atom. The largest absolute Gasteiger partial charge is 0.493 e. The minimum Gasteiger partial charge on any atom is -0.493 e. The molecule has 3 rings (SSSR count). The molecule has 1 N–H and O–H groups in total. The molecule has 6 nitrogen and oxygen atoms in total. The fourth-order valence-corrected chi connectivity index (χ4v) is 5.68. The van der Waals surface area contributed by atoms with Gasteiger partial charge in [-0.3, -0.25) is 4.79 Å². The van der Waals surface area contributed by atoms with E-state index in [2.05, 4.69) is 5.32 Å². The van der Waals surface area contributed by atoms with Crippen LogP contribution in [0.4, 0.5) is 4.39 Å². The molecule has 0 aliphatic rings. The summed E-state index contributed by atoms with van der Waals surface area (Å²) >= 11 is 1.27. The van der Waals surface area contributed by atoms with E-state index in [1.165, 1.54) is 43.8 Å². The Bertz CT molecular complexity index is 1110. The smallest absolute Gasteiger partial charge is 0.251 e. The zero-order valence-electron chi connectivity index (χ0n) is 16.3. The summed E-state index contributed by atoms with van der Waals surface area (Å²) in [7, 11) is -0.908. The monoisotopic (exact) mass is 449 g/mol. The molecule has 1 aromatic heterocycles. The van der Waals surface area contributed by atoms with E-state index in [9.17, 15) is 17.6 Å². The Balaban J connectivity index is 1.85. The fraction of sp³-hybridized carbons (Fsp3) is 0.190. The average molecular weight is 450 g/mol. The first-order valence-corrected chi connectivity index (χ1v) is 11.3. The summed E-state index contributed by atoms with van der Waals surface area (Å²) in [5.74, 6) is -0.113. The lowest BCUT2D eigenvalue weighted by molar-refractivity contribution is 0.0953. The van der Waals surface area contributed by atoms with E-state index in [1.54, 1.807) is 29.6 Å². The molecular weight excluding hydrogens is 429 g/mol. The van der Waals surface area contributed by atoms with E-state index in [0.717, 1.165) is 12.1 Å². The number of amides is 1. The van der Waals surface area contributed by atoms with Crippen LogP contribution in [0, 0.1) is 5.82 Å². The minimum atomic E-state index is -3.86. The first kappa shape index (κ1) is 21.8. The standard InChI is InChI=1S/C21H20FNO5S2/c1-27-17-10-5-14(12-18(17)28-2)21(24)23-13-20(19-4-3-11-29-19)30(25,26)16-8-6-15(22)7-9-16/h3-12,20H,13H2,1-2H3,(H,23,24)/t20-/m1/s1. The maximum absolute atomic E-state index is 13.2. The van der Waals surface area contributed by atoms with Gasteiger partial charge in [0.2, 0.25) is 0 Å². The van der Waals surface area contributed by atoms with Crippen molar-refractivity contribution in [2.75, 3.05) is 20.8 Å². The molecule has 2 aromatic carbocycles. The predicted molar refractivity (Wildman–Crippen MR) is 113 cm³/mol. The molecule has 0 fully saturated rings. The highest BCUT2D eigenvalue weighted by Gasteiger charge is 2.30. The first-order valence-electron chi connectivity index (χ1n) is 8.90. The molecule has 3 aromatic rings. The van der Waals surface area contributed by atoms with Crippen molar-refractivity contribution in [1.29, 1.82) is 0 Å². The van der Waals surface area contributed by atoms with Crippen LogP contribution >= 0.6 is 11.3 Å². The molecule has 0 bridgehead atoms. The number of sulfone groups is 1. The van der Waals surface area contributed by atoms with Crippen LogP contribution < -0.4 is 14.8 Å². The number of thiophene rings is 1. The number of carbonyl (C=O) groups is 1. The molecule has 158 valence electrons. The second-order valence-electron chi connectivity index (χ2n) is 6.28. The maximum Gasteiger partial charge on any atom is 0.251 e. The second-order valence-corrected chi connectivity index (χ2v) is 9.39. The highest BCUT2D eigenvalue weighted by molar-refractivity contribution is 7.91. The number of methoxy groups -OCH3 is 2. The molecule has 1 atom stereocenters. The number of hydrogen-bond donors (Lipinski definition) is 1. The van der Waals surface area contributed by atoms with E-state index >= 15 is 0 Å². The van der Waals surface area contributed by atoms with Gasteiger partial charge in [0.15, 0.2) is 21.3 Å². The molecular formula is C21H20FNO5S2. The van der Waals surface area contributed by atoms with E-state index in [0.29, 0.717) is 21.9 Å². The van der Waals surface area contributed by atoms with Crippen LogP contribution in [0.1, 0.15) is 20.5 Å². The molecule has 9 heteroatoms. The molecule has 1 amide bonds. The van der Waals surface area contributed by atoms with Crippen LogP contribution in [-0.2, 0) is 9.84 Å². The van der Waals surface area contributed by atoms with Gasteiger partial charge in [0.1, 0.15) is 11.1 Å². The molecule has 0 spiro atoms. The first-order chi connectivity index (χ1) is 14.4. The maximum atomic E-state index is 13.2. The van der Waals surface area contributed by atoms with Crippen LogP contribution in [0.5, 0.6) is 11.5 Å². The van der Waals surface area contributed by atoms with Crippen LogP contribution in [0.2, 0.25) is 0 Å². The Labute approximate surface area is 178 Å². The topological polar surface area (TPSA) is 81.7 Å². The van der Waals surface area contributed by atoms with Crippen molar-refractivity contribution in [1.82, 2.24) is 5.32 Å². The number of rotatable bonds is 8. The number of benzene rings is 2. The van der Waals surface area contributed by atoms with Crippen LogP contribution in [0.25, 0.3) is 0 Å². The van der Waals surface area contributed by atoms with Crippen molar-refractivity contribution in [3.8, 4) is 11.5 Å². The van der Waals surface area contributed by atoms with Crippen molar-refractivity contribution >= 4 is 27.1 Å². The zero-order valence-corrected chi connectivity index (χ0v) is 17.9. The SMILES string of the molecule is COc1ccc(C(=O)NC[C@H](c2cccs2)S(=O)(=O)c2ccc(F)cc2)cc1OC. The van der Waals surface area contributed by atoms with E-state index in [-0.39, 0.29) is 11.4 Å². The molecule has 0 aliphatic heterocycles. The Morgan fingerprint density at radius 3 is 2.37 bits per heavy atom. The lowest BCUT2D eigenvalue weighted by atomic mass is 10.2. The molecule has 30 heavy (non-hydrogen) atoms. The predicted octanol–water partition coefficient (Wildman–Crippen LogP) is 3.85. The van der Waals surface area contributed by atoms with Crippen molar-refractivity contribution in [3.05, 3.63) is 76.2 Å². The van der Waals surface area contributed by atoms with Gasteiger partial charge in [-0.25, -0.2) is 12.8 Å². The van der Waals surface area contributed by atoms with Gasteiger partial charge < -0.3 is 14.8 Å². The molecule has 0 aliphatic carbocycles. The number of carbonyl (C=O) groups excluding carboxylic acids is 1. The van der Waals surface area contributed by atoms with Gasteiger partial charge in [-0.15, -0.1) is 11.3 Å². The molecule has 1 heterocycles. The van der Waals surface area contributed by atoms with Crippen LogP contribution in [0.15, 0.2) is 64.9 Å². The summed E-state index contributed by atoms with van der Waals surface area (Å²) in [5, 5.41) is 3.44. The Morgan fingerprint density at radius 1 is 1.07 bits per heavy atom. The number of ether oxygens (including phenoxy) is 2. The van der Waals surface area contributed by atoms with Gasteiger partial charge in [-0.05, 0) is 53.9 Å². The van der Waals surface area contributed by atoms with Crippen molar-refractivity contribution in [2.24, 2.45) is 0 Å². The third-order valence-electron chi connectivity index (χ3n) is 4.47. The lowest BCUT2D eigenvalue weighted by Crippen LogP contribution is -2.31. The number of nitrogens with one attached hydrogen (secondary N) is 1. The summed E-state index contributed by atoms with van der Waals surface area (Å²) < 4.78 is 49.9. The van der Waals surface area contributed by atoms with Crippen molar-refractivity contribution in [2.45, 2.75) is 10.1 Å². The van der Waals surface area contributed by atoms with Gasteiger partial charge in [-0.1, -0.05) is 6.07 Å². The summed E-state index contributed by atoms with van der Waals surface area (Å²) in [4.78, 5) is 13.2. The van der Waals surface area contributed by atoms with E-state index in [1.807, 2.05) is 0 Å². The highest BCUT2D eigenvalue weighted by Crippen LogP contribution is 2.32. The summed E-state index contributed by atoms with van der Waals surface area (Å²) in [5.41, 5.74) is 0.303. The number of halogens is 1. The summed E-state index contributed by atoms with van der Waals surface area (Å²) in [6, 6.07) is 12.8. The lowest BCUT2D eigenvalue weighted by Gasteiger charge is -2.18. The minimum absolute atomic E-state index is 0.0114.